The maximum atomic E-state index is 0. The average molecular weight is 175 g/mol. The molecule has 0 amide bonds. The van der Waals surface area contributed by atoms with Gasteiger partial charge in [0.25, 0.3) is 0 Å². The molecule has 4 heavy (non-hydrogen) atoms. The minimum absolute atomic E-state index is 0. The zero-order valence-electron chi connectivity index (χ0n) is 1.38. The summed E-state index contributed by atoms with van der Waals surface area (Å²) in [7, 11) is 0. The molecule has 0 rings (SSSR count). The van der Waals surface area contributed by atoms with E-state index in [1.165, 1.54) is 0 Å². The first-order valence-electron chi connectivity index (χ1n) is 0. The topological polar surface area (TPSA) is 0 Å². The Morgan fingerprint density at radius 2 is 1.00 bits per heavy atom. The quantitative estimate of drug-likeness (QED) is 0.369. The molecule has 30 valence electrons. The fourth-order valence-electron chi connectivity index (χ4n) is 0. The van der Waals surface area contributed by atoms with Crippen LogP contribution in [0.1, 0.15) is 0 Å². The van der Waals surface area contributed by atoms with E-state index in [0.717, 1.165) is 0 Å². The van der Waals surface area contributed by atoms with Crippen molar-refractivity contribution < 1.29 is 33.6 Å². The predicted octanol–water partition coefficient (Wildman–Crippen LogP) is -2.11. The summed E-state index contributed by atoms with van der Waals surface area (Å²) in [6.45, 7) is 0. The van der Waals surface area contributed by atoms with Crippen LogP contribution < -0.4 is 0 Å². The van der Waals surface area contributed by atoms with Gasteiger partial charge in [0.1, 0.15) is 0 Å². The van der Waals surface area contributed by atoms with Crippen LogP contribution in [0.4, 0.5) is 0 Å². The first-order chi connectivity index (χ1) is 0. The summed E-state index contributed by atoms with van der Waals surface area (Å²) in [5, 5.41) is 0. The van der Waals surface area contributed by atoms with Crippen molar-refractivity contribution in [2.75, 3.05) is 0 Å². The van der Waals surface area contributed by atoms with Gasteiger partial charge >= 0.3 is 0 Å². The summed E-state index contributed by atoms with van der Waals surface area (Å²) in [5.74, 6) is 0. The molecular weight excluding hydrogens is 170 g/mol. The Balaban J connectivity index is 0. The van der Waals surface area contributed by atoms with Crippen LogP contribution in [0, 0.1) is 0 Å². The number of hydrogen-bond donors (Lipinski definition) is 0. The van der Waals surface area contributed by atoms with E-state index >= 15 is 0 Å². The molecule has 0 spiro atoms. The van der Waals surface area contributed by atoms with E-state index in [-0.39, 0.29) is 61.9 Å². The molecule has 0 aliphatic rings. The average Bonchev–Trinajstić information content (AvgIpc) is 0. The smallest absolute Gasteiger partial charge is 0.00934 e. The van der Waals surface area contributed by atoms with Crippen LogP contribution in [0.25, 0.3) is 0 Å². The second-order valence-corrected chi connectivity index (χ2v) is 0. The zero-order valence-corrected chi connectivity index (χ0v) is 4.88. The van der Waals surface area contributed by atoms with Gasteiger partial charge in [0.2, 0.25) is 0 Å². The second-order valence-electron chi connectivity index (χ2n) is 0. The van der Waals surface area contributed by atoms with E-state index in [2.05, 4.69) is 0 Å². The van der Waals surface area contributed by atoms with Crippen molar-refractivity contribution in [2.24, 2.45) is 0 Å². The predicted molar refractivity (Wildman–Crippen MR) is 18.5 cm³/mol. The van der Waals surface area contributed by atoms with E-state index in [1.54, 1.807) is 0 Å². The minimum atomic E-state index is 0. The molecule has 0 N–H and O–H groups in total. The fourth-order valence-corrected chi connectivity index (χ4v) is 0. The SMILES string of the molecule is [AlH3].[Fe].[Ni].[SiH2]. The maximum absolute atomic E-state index is 0. The van der Waals surface area contributed by atoms with Crippen molar-refractivity contribution in [1.82, 2.24) is 0 Å². The molecule has 4 heteroatoms. The summed E-state index contributed by atoms with van der Waals surface area (Å²) in [6.07, 6.45) is 0. The first kappa shape index (κ1) is 42.1. The zero-order chi connectivity index (χ0) is 0. The van der Waals surface area contributed by atoms with Crippen molar-refractivity contribution >= 4 is 28.3 Å². The Bertz CT molecular complexity index is 8.00. The maximum Gasteiger partial charge on any atom is 0.187 e. The molecule has 0 saturated carbocycles. The Morgan fingerprint density at radius 3 is 1.00 bits per heavy atom. The van der Waals surface area contributed by atoms with Crippen molar-refractivity contribution in [3.63, 3.8) is 0 Å². The Hall–Kier alpha value is 1.76. The summed E-state index contributed by atoms with van der Waals surface area (Å²) >= 11 is 0. The molecule has 0 heterocycles. The van der Waals surface area contributed by atoms with Crippen LogP contribution in [0.5, 0.6) is 0 Å². The minimum Gasteiger partial charge on any atom is -0.00934 e. The van der Waals surface area contributed by atoms with E-state index < -0.39 is 0 Å². The normalized spacial score (nSPS) is 0. The Labute approximate surface area is 61.7 Å². The van der Waals surface area contributed by atoms with Gasteiger partial charge in [-0.2, -0.15) is 0 Å². The monoisotopic (exact) mass is 174 g/mol. The summed E-state index contributed by atoms with van der Waals surface area (Å²) < 4.78 is 0. The molecule has 0 nitrogen and oxygen atoms in total. The largest absolute Gasteiger partial charge is 0.187 e. The van der Waals surface area contributed by atoms with Crippen LogP contribution in [0.15, 0.2) is 0 Å². The Morgan fingerprint density at radius 1 is 1.00 bits per heavy atom. The van der Waals surface area contributed by atoms with E-state index in [4.69, 9.17) is 0 Å². The number of rotatable bonds is 0. The molecule has 0 atom stereocenters. The molecule has 0 aliphatic carbocycles. The molecule has 0 aromatic rings. The molecule has 0 bridgehead atoms. The molecule has 0 aromatic carbocycles. The van der Waals surface area contributed by atoms with Gasteiger partial charge in [-0.15, -0.1) is 0 Å². The van der Waals surface area contributed by atoms with Gasteiger partial charge in [0.05, 0.1) is 0 Å². The molecule has 0 fully saturated rings. The second kappa shape index (κ2) is 21.7. The molecular formula is H5AlFeNiSi. The molecule has 2 radical (unpaired) electrons. The Kier molecular flexibility index (Phi) is 228. The fraction of sp³-hybridized carbons (Fsp3) is 0. The third-order valence-corrected chi connectivity index (χ3v) is 0. The van der Waals surface area contributed by atoms with Crippen molar-refractivity contribution in [1.29, 1.82) is 0 Å². The van der Waals surface area contributed by atoms with Crippen LogP contribution in [0.3, 0.4) is 0 Å². The van der Waals surface area contributed by atoms with Crippen LogP contribution >= 0.6 is 0 Å². The van der Waals surface area contributed by atoms with Gasteiger partial charge in [-0.1, -0.05) is 0 Å². The summed E-state index contributed by atoms with van der Waals surface area (Å²) in [6, 6.07) is 0. The van der Waals surface area contributed by atoms with Crippen LogP contribution in [0.2, 0.25) is 0 Å². The van der Waals surface area contributed by atoms with Gasteiger partial charge in [-0.25, -0.2) is 0 Å². The molecule has 0 saturated heterocycles. The third-order valence-electron chi connectivity index (χ3n) is 0. The number of hydrogen-bond acceptors (Lipinski definition) is 0. The van der Waals surface area contributed by atoms with Crippen molar-refractivity contribution in [3.05, 3.63) is 0 Å². The van der Waals surface area contributed by atoms with E-state index in [0.29, 0.717) is 0 Å². The van der Waals surface area contributed by atoms with Crippen LogP contribution in [-0.2, 0) is 33.6 Å². The van der Waals surface area contributed by atoms with Gasteiger partial charge in [0, 0.05) is 33.6 Å². The molecule has 0 aromatic heterocycles. The van der Waals surface area contributed by atoms with E-state index in [1.807, 2.05) is 0 Å². The third kappa shape index (κ3) is 9.24. The summed E-state index contributed by atoms with van der Waals surface area (Å²) in [4.78, 5) is 0. The first-order valence-corrected chi connectivity index (χ1v) is 0. The van der Waals surface area contributed by atoms with E-state index in [9.17, 15) is 0 Å². The van der Waals surface area contributed by atoms with Gasteiger partial charge in [-0.3, -0.25) is 0 Å². The van der Waals surface area contributed by atoms with Crippen molar-refractivity contribution in [3.8, 4) is 0 Å². The van der Waals surface area contributed by atoms with Gasteiger partial charge in [-0.05, 0) is 11.0 Å². The van der Waals surface area contributed by atoms with Gasteiger partial charge < -0.3 is 0 Å². The summed E-state index contributed by atoms with van der Waals surface area (Å²) in [5.41, 5.74) is 0. The molecule has 0 aliphatic heterocycles. The standard InChI is InChI=1S/Al.Fe.Ni.H2Si.3H/h;;;1H2;;;. The van der Waals surface area contributed by atoms with Crippen molar-refractivity contribution in [2.45, 2.75) is 0 Å². The molecule has 0 unspecified atom stereocenters. The van der Waals surface area contributed by atoms with Gasteiger partial charge in [0.15, 0.2) is 17.4 Å². The van der Waals surface area contributed by atoms with Crippen LogP contribution in [-0.4, -0.2) is 28.3 Å².